The molecule has 1 aromatic rings. The number of anilines is 1. The van der Waals surface area contributed by atoms with Crippen molar-refractivity contribution >= 4 is 27.3 Å². The molecule has 20 heavy (non-hydrogen) atoms. The summed E-state index contributed by atoms with van der Waals surface area (Å²) >= 11 is 3.08. The van der Waals surface area contributed by atoms with E-state index >= 15 is 0 Å². The van der Waals surface area contributed by atoms with Crippen LogP contribution < -0.4 is 5.32 Å². The number of hydrogen-bond donors (Lipinski definition) is 1. The van der Waals surface area contributed by atoms with Gasteiger partial charge in [0.05, 0.1) is 15.5 Å². The molecule has 1 N–H and O–H groups in total. The second-order valence-corrected chi connectivity index (χ2v) is 6.50. The fraction of sp³-hybridized carbons (Fsp3) is 0.571. The highest BCUT2D eigenvalue weighted by molar-refractivity contribution is 9.10. The summed E-state index contributed by atoms with van der Waals surface area (Å²) < 4.78 is 13.7. The second-order valence-electron chi connectivity index (χ2n) is 5.65. The highest BCUT2D eigenvalue weighted by Crippen LogP contribution is 2.35. The van der Waals surface area contributed by atoms with E-state index in [0.29, 0.717) is 17.5 Å². The Kier molecular flexibility index (Phi) is 4.62. The van der Waals surface area contributed by atoms with Crippen molar-refractivity contribution in [2.45, 2.75) is 39.2 Å². The molecule has 1 aromatic carbocycles. The zero-order valence-electron chi connectivity index (χ0n) is 11.5. The van der Waals surface area contributed by atoms with Gasteiger partial charge in [0.1, 0.15) is 11.5 Å². The van der Waals surface area contributed by atoms with Crippen molar-refractivity contribution in [1.29, 1.82) is 0 Å². The quantitative estimate of drug-likeness (QED) is 0.636. The first-order chi connectivity index (χ1) is 9.38. The molecule has 0 heterocycles. The summed E-state index contributed by atoms with van der Waals surface area (Å²) in [5, 5.41) is 14.2. The van der Waals surface area contributed by atoms with Gasteiger partial charge in [-0.15, -0.1) is 0 Å². The Morgan fingerprint density at radius 1 is 1.35 bits per heavy atom. The zero-order chi connectivity index (χ0) is 14.9. The summed E-state index contributed by atoms with van der Waals surface area (Å²) in [6.07, 6.45) is 3.07. The van der Waals surface area contributed by atoms with Crippen molar-refractivity contribution in [3.8, 4) is 0 Å². The van der Waals surface area contributed by atoms with E-state index < -0.39 is 10.7 Å². The Bertz CT molecular complexity index is 524. The third kappa shape index (κ3) is 3.29. The number of halogens is 2. The number of nitrogens with one attached hydrogen (secondary N) is 1. The van der Waals surface area contributed by atoms with Crippen LogP contribution in [0.5, 0.6) is 0 Å². The van der Waals surface area contributed by atoms with Gasteiger partial charge < -0.3 is 5.32 Å². The fourth-order valence-electron chi connectivity index (χ4n) is 2.70. The van der Waals surface area contributed by atoms with E-state index in [1.807, 2.05) is 0 Å². The van der Waals surface area contributed by atoms with Gasteiger partial charge in [0.15, 0.2) is 0 Å². The van der Waals surface area contributed by atoms with Gasteiger partial charge in [0, 0.05) is 6.04 Å². The van der Waals surface area contributed by atoms with Gasteiger partial charge in [-0.25, -0.2) is 4.39 Å². The molecule has 1 fully saturated rings. The number of rotatable bonds is 3. The average Bonchev–Trinajstić information content (AvgIpc) is 2.37. The Hall–Kier alpha value is -1.17. The van der Waals surface area contributed by atoms with Crippen molar-refractivity contribution in [2.75, 3.05) is 5.32 Å². The smallest absolute Gasteiger partial charge is 0.295 e. The number of nitro groups is 1. The topological polar surface area (TPSA) is 55.2 Å². The molecule has 1 aliphatic carbocycles. The maximum absolute atomic E-state index is 13.4. The summed E-state index contributed by atoms with van der Waals surface area (Å²) in [6, 6.07) is 2.62. The molecule has 0 amide bonds. The van der Waals surface area contributed by atoms with Crippen LogP contribution in [-0.2, 0) is 0 Å². The van der Waals surface area contributed by atoms with Gasteiger partial charge >= 0.3 is 0 Å². The van der Waals surface area contributed by atoms with E-state index in [4.69, 9.17) is 0 Å². The minimum atomic E-state index is -0.618. The van der Waals surface area contributed by atoms with E-state index in [1.54, 1.807) is 0 Å². The molecule has 0 radical (unpaired) electrons. The van der Waals surface area contributed by atoms with Gasteiger partial charge in [-0.1, -0.05) is 13.8 Å². The molecule has 0 aromatic heterocycles. The van der Waals surface area contributed by atoms with Gasteiger partial charge in [0.2, 0.25) is 0 Å². The fourth-order valence-corrected chi connectivity index (χ4v) is 3.04. The lowest BCUT2D eigenvalue weighted by molar-refractivity contribution is -0.384. The Morgan fingerprint density at radius 2 is 2.05 bits per heavy atom. The van der Waals surface area contributed by atoms with Crippen LogP contribution in [0.25, 0.3) is 0 Å². The predicted octanol–water partition coefficient (Wildman–Crippen LogP) is 4.73. The normalized spacial score (nSPS) is 26.3. The summed E-state index contributed by atoms with van der Waals surface area (Å²) in [5.41, 5.74) is 0.173. The summed E-state index contributed by atoms with van der Waals surface area (Å²) in [5.74, 6) is 0.653. The minimum Gasteiger partial charge on any atom is -0.377 e. The molecule has 0 aliphatic heterocycles. The van der Waals surface area contributed by atoms with Crippen LogP contribution in [0.4, 0.5) is 15.8 Å². The van der Waals surface area contributed by atoms with Crippen molar-refractivity contribution in [1.82, 2.24) is 0 Å². The number of hydrogen-bond acceptors (Lipinski definition) is 3. The average molecular weight is 345 g/mol. The van der Waals surface area contributed by atoms with Crippen LogP contribution in [0.15, 0.2) is 16.6 Å². The van der Waals surface area contributed by atoms with Crippen molar-refractivity contribution in [3.63, 3.8) is 0 Å². The van der Waals surface area contributed by atoms with Crippen LogP contribution in [0, 0.1) is 27.8 Å². The lowest BCUT2D eigenvalue weighted by Crippen LogP contribution is -2.30. The van der Waals surface area contributed by atoms with Crippen LogP contribution in [0.3, 0.4) is 0 Å². The van der Waals surface area contributed by atoms with Crippen LogP contribution in [-0.4, -0.2) is 11.0 Å². The summed E-state index contributed by atoms with van der Waals surface area (Å²) in [6.45, 7) is 4.44. The van der Waals surface area contributed by atoms with Gasteiger partial charge in [-0.2, -0.15) is 0 Å². The highest BCUT2D eigenvalue weighted by Gasteiger charge is 2.26. The molecule has 110 valence electrons. The molecule has 6 heteroatoms. The van der Waals surface area contributed by atoms with E-state index in [0.717, 1.165) is 25.3 Å². The molecule has 4 nitrogen and oxygen atoms in total. The lowest BCUT2D eigenvalue weighted by Gasteiger charge is -2.33. The van der Waals surface area contributed by atoms with Crippen LogP contribution >= 0.6 is 15.9 Å². The molecule has 2 rings (SSSR count). The minimum absolute atomic E-state index is 0.206. The highest BCUT2D eigenvalue weighted by atomic mass is 79.9. The molecule has 3 unspecified atom stereocenters. The van der Waals surface area contributed by atoms with Gasteiger partial charge in [-0.05, 0) is 53.1 Å². The third-order valence-corrected chi connectivity index (χ3v) is 4.80. The number of nitro benzene ring substituents is 1. The molecular weight excluding hydrogens is 327 g/mol. The maximum Gasteiger partial charge on any atom is 0.295 e. The molecule has 0 bridgehead atoms. The van der Waals surface area contributed by atoms with Gasteiger partial charge in [-0.3, -0.25) is 10.1 Å². The Morgan fingerprint density at radius 3 is 2.65 bits per heavy atom. The Balaban J connectivity index is 2.20. The molecule has 1 saturated carbocycles. The maximum atomic E-state index is 13.4. The first-order valence-electron chi connectivity index (χ1n) is 6.78. The molecule has 3 atom stereocenters. The van der Waals surface area contributed by atoms with E-state index in [9.17, 15) is 14.5 Å². The van der Waals surface area contributed by atoms with E-state index in [1.165, 1.54) is 6.07 Å². The lowest BCUT2D eigenvalue weighted by atomic mass is 9.79. The monoisotopic (exact) mass is 344 g/mol. The molecular formula is C14H18BrFN2O2. The zero-order valence-corrected chi connectivity index (χ0v) is 13.1. The second kappa shape index (κ2) is 6.08. The first-order valence-corrected chi connectivity index (χ1v) is 7.57. The predicted molar refractivity (Wildman–Crippen MR) is 80.3 cm³/mol. The van der Waals surface area contributed by atoms with Crippen molar-refractivity contribution < 1.29 is 9.31 Å². The molecule has 0 spiro atoms. The largest absolute Gasteiger partial charge is 0.377 e. The van der Waals surface area contributed by atoms with E-state index in [2.05, 4.69) is 35.1 Å². The first kappa shape index (κ1) is 15.2. The van der Waals surface area contributed by atoms with Crippen LogP contribution in [0.2, 0.25) is 0 Å². The number of benzene rings is 1. The third-order valence-electron chi connectivity index (χ3n) is 4.19. The molecule has 0 saturated heterocycles. The summed E-state index contributed by atoms with van der Waals surface area (Å²) in [7, 11) is 0. The Labute approximate surface area is 126 Å². The molecule has 1 aliphatic rings. The van der Waals surface area contributed by atoms with Crippen LogP contribution in [0.1, 0.15) is 33.1 Å². The van der Waals surface area contributed by atoms with Crippen molar-refractivity contribution in [2.24, 2.45) is 11.8 Å². The van der Waals surface area contributed by atoms with E-state index in [-0.39, 0.29) is 16.2 Å². The number of nitrogens with zero attached hydrogens (tertiary/aromatic N) is 1. The van der Waals surface area contributed by atoms with Crippen molar-refractivity contribution in [3.05, 3.63) is 32.5 Å². The van der Waals surface area contributed by atoms with Gasteiger partial charge in [0.25, 0.3) is 5.69 Å². The SMILES string of the molecule is CC1CCC(Nc2cc(Br)c(F)cc2[N+](=O)[O-])CC1C. The standard InChI is InChI=1S/C14H18BrFN2O2/c1-8-3-4-10(5-9(8)2)17-13-6-11(15)12(16)7-14(13)18(19)20/h6-10,17H,3-5H2,1-2H3. The summed E-state index contributed by atoms with van der Waals surface area (Å²) in [4.78, 5) is 10.5.